The van der Waals surface area contributed by atoms with Gasteiger partial charge in [-0.05, 0) is 49.2 Å². The molecule has 0 saturated heterocycles. The second-order valence-electron chi connectivity index (χ2n) is 6.23. The SMILES string of the molecule is CC(Cc1c[nH]c2ccc(F)cc12)NC(=O)c1cc(F)c2n[nH]nc2c1. The number of aromatic nitrogens is 4. The molecule has 0 radical (unpaired) electrons. The van der Waals surface area contributed by atoms with Crippen molar-refractivity contribution in [1.29, 1.82) is 0 Å². The Morgan fingerprint density at radius 2 is 2.08 bits per heavy atom. The number of carbonyl (C=O) groups excluding carboxylic acids is 1. The molecule has 1 atom stereocenters. The fraction of sp³-hybridized carbons (Fsp3) is 0.167. The molecule has 4 rings (SSSR count). The third-order valence-corrected chi connectivity index (χ3v) is 4.27. The Balaban J connectivity index is 1.52. The number of H-pyrrole nitrogens is 2. The second kappa shape index (κ2) is 6.21. The molecule has 4 aromatic rings. The minimum atomic E-state index is -0.610. The van der Waals surface area contributed by atoms with Gasteiger partial charge in [0, 0.05) is 28.7 Å². The van der Waals surface area contributed by atoms with Gasteiger partial charge in [-0.15, -0.1) is 0 Å². The molecule has 132 valence electrons. The Kier molecular flexibility index (Phi) is 3.87. The molecule has 6 nitrogen and oxygen atoms in total. The number of nitrogens with zero attached hydrogens (tertiary/aromatic N) is 2. The van der Waals surface area contributed by atoms with E-state index in [0.29, 0.717) is 6.42 Å². The lowest BCUT2D eigenvalue weighted by Crippen LogP contribution is -2.34. The van der Waals surface area contributed by atoms with Crippen LogP contribution in [0, 0.1) is 11.6 Å². The Morgan fingerprint density at radius 3 is 2.92 bits per heavy atom. The van der Waals surface area contributed by atoms with Crippen molar-refractivity contribution in [2.24, 2.45) is 0 Å². The highest BCUT2D eigenvalue weighted by atomic mass is 19.1. The van der Waals surface area contributed by atoms with Gasteiger partial charge in [0.1, 0.15) is 16.9 Å². The van der Waals surface area contributed by atoms with E-state index >= 15 is 0 Å². The van der Waals surface area contributed by atoms with Gasteiger partial charge >= 0.3 is 0 Å². The van der Waals surface area contributed by atoms with Gasteiger partial charge in [0.2, 0.25) is 0 Å². The van der Waals surface area contributed by atoms with Crippen molar-refractivity contribution in [1.82, 2.24) is 25.7 Å². The molecule has 26 heavy (non-hydrogen) atoms. The highest BCUT2D eigenvalue weighted by Gasteiger charge is 2.16. The fourth-order valence-electron chi connectivity index (χ4n) is 3.05. The van der Waals surface area contributed by atoms with Gasteiger partial charge < -0.3 is 10.3 Å². The van der Waals surface area contributed by atoms with Crippen LogP contribution in [-0.2, 0) is 6.42 Å². The summed E-state index contributed by atoms with van der Waals surface area (Å²) in [5.41, 5.74) is 2.27. The number of amides is 1. The van der Waals surface area contributed by atoms with Crippen LogP contribution in [-0.4, -0.2) is 32.3 Å². The average molecular weight is 355 g/mol. The molecule has 1 unspecified atom stereocenters. The van der Waals surface area contributed by atoms with Gasteiger partial charge in [0.05, 0.1) is 0 Å². The van der Waals surface area contributed by atoms with Crippen molar-refractivity contribution in [2.75, 3.05) is 0 Å². The van der Waals surface area contributed by atoms with Crippen LogP contribution in [0.2, 0.25) is 0 Å². The van der Waals surface area contributed by atoms with E-state index in [1.54, 1.807) is 12.3 Å². The number of fused-ring (bicyclic) bond motifs is 2. The molecule has 2 aromatic carbocycles. The Morgan fingerprint density at radius 1 is 1.23 bits per heavy atom. The van der Waals surface area contributed by atoms with Crippen molar-refractivity contribution in [3.63, 3.8) is 0 Å². The van der Waals surface area contributed by atoms with E-state index in [1.807, 2.05) is 6.92 Å². The van der Waals surface area contributed by atoms with Crippen molar-refractivity contribution < 1.29 is 13.6 Å². The van der Waals surface area contributed by atoms with Crippen LogP contribution in [0.5, 0.6) is 0 Å². The highest BCUT2D eigenvalue weighted by molar-refractivity contribution is 5.97. The van der Waals surface area contributed by atoms with Crippen molar-refractivity contribution in [3.8, 4) is 0 Å². The van der Waals surface area contributed by atoms with Gasteiger partial charge in [-0.2, -0.15) is 15.4 Å². The lowest BCUT2D eigenvalue weighted by Gasteiger charge is -2.13. The third-order valence-electron chi connectivity index (χ3n) is 4.27. The third kappa shape index (κ3) is 2.90. The smallest absolute Gasteiger partial charge is 0.251 e. The fourth-order valence-corrected chi connectivity index (χ4v) is 3.05. The van der Waals surface area contributed by atoms with E-state index in [2.05, 4.69) is 25.7 Å². The number of nitrogens with one attached hydrogen (secondary N) is 3. The summed E-state index contributed by atoms with van der Waals surface area (Å²) in [5.74, 6) is -1.33. The number of benzene rings is 2. The molecule has 0 fully saturated rings. The lowest BCUT2D eigenvalue weighted by atomic mass is 10.1. The maximum absolute atomic E-state index is 14.0. The van der Waals surface area contributed by atoms with Gasteiger partial charge in [-0.1, -0.05) is 0 Å². The first-order chi connectivity index (χ1) is 12.5. The first-order valence-electron chi connectivity index (χ1n) is 8.07. The number of halogens is 2. The van der Waals surface area contributed by atoms with Crippen LogP contribution in [0.15, 0.2) is 36.5 Å². The van der Waals surface area contributed by atoms with Crippen LogP contribution >= 0.6 is 0 Å². The summed E-state index contributed by atoms with van der Waals surface area (Å²) >= 11 is 0. The zero-order valence-electron chi connectivity index (χ0n) is 13.8. The summed E-state index contributed by atoms with van der Waals surface area (Å²) in [6.07, 6.45) is 2.30. The predicted octanol–water partition coefficient (Wildman–Crippen LogP) is 3.08. The molecule has 3 N–H and O–H groups in total. The van der Waals surface area contributed by atoms with E-state index < -0.39 is 11.7 Å². The Hall–Kier alpha value is -3.29. The Labute approximate surface area is 146 Å². The second-order valence-corrected chi connectivity index (χ2v) is 6.23. The van der Waals surface area contributed by atoms with Gasteiger partial charge in [0.15, 0.2) is 5.82 Å². The minimum absolute atomic E-state index is 0.0930. The number of aromatic amines is 2. The lowest BCUT2D eigenvalue weighted by molar-refractivity contribution is 0.0940. The van der Waals surface area contributed by atoms with E-state index in [-0.39, 0.29) is 28.5 Å². The van der Waals surface area contributed by atoms with Crippen LogP contribution in [0.25, 0.3) is 21.9 Å². The van der Waals surface area contributed by atoms with Crippen LogP contribution in [0.3, 0.4) is 0 Å². The number of carbonyl (C=O) groups is 1. The molecule has 2 aromatic heterocycles. The van der Waals surface area contributed by atoms with Crippen LogP contribution in [0.4, 0.5) is 8.78 Å². The van der Waals surface area contributed by atoms with Gasteiger partial charge in [-0.25, -0.2) is 8.78 Å². The van der Waals surface area contributed by atoms with Gasteiger partial charge in [0.25, 0.3) is 5.91 Å². The monoisotopic (exact) mass is 355 g/mol. The first-order valence-corrected chi connectivity index (χ1v) is 8.07. The average Bonchev–Trinajstić information content (AvgIpc) is 3.22. The summed E-state index contributed by atoms with van der Waals surface area (Å²) in [7, 11) is 0. The number of hydrogen-bond acceptors (Lipinski definition) is 3. The molecule has 2 heterocycles. The van der Waals surface area contributed by atoms with Crippen molar-refractivity contribution in [2.45, 2.75) is 19.4 Å². The largest absolute Gasteiger partial charge is 0.361 e. The summed E-state index contributed by atoms with van der Waals surface area (Å²) in [4.78, 5) is 15.5. The van der Waals surface area contributed by atoms with E-state index in [4.69, 9.17) is 0 Å². The maximum Gasteiger partial charge on any atom is 0.251 e. The zero-order chi connectivity index (χ0) is 18.3. The van der Waals surface area contributed by atoms with Crippen molar-refractivity contribution in [3.05, 3.63) is 59.3 Å². The molecule has 8 heteroatoms. The predicted molar refractivity (Wildman–Crippen MR) is 92.7 cm³/mol. The first kappa shape index (κ1) is 16.2. The summed E-state index contributed by atoms with van der Waals surface area (Å²) < 4.78 is 27.4. The topological polar surface area (TPSA) is 86.5 Å². The van der Waals surface area contributed by atoms with Crippen molar-refractivity contribution >= 4 is 27.8 Å². The van der Waals surface area contributed by atoms with Crippen LogP contribution in [0.1, 0.15) is 22.8 Å². The van der Waals surface area contributed by atoms with E-state index in [9.17, 15) is 13.6 Å². The quantitative estimate of drug-likeness (QED) is 0.526. The summed E-state index contributed by atoms with van der Waals surface area (Å²) in [5, 5.41) is 13.4. The van der Waals surface area contributed by atoms with E-state index in [0.717, 1.165) is 22.5 Å². The Bertz CT molecular complexity index is 1120. The molecular weight excluding hydrogens is 340 g/mol. The maximum atomic E-state index is 14.0. The molecule has 0 aliphatic heterocycles. The number of rotatable bonds is 4. The molecule has 1 amide bonds. The molecule has 0 spiro atoms. The van der Waals surface area contributed by atoms with E-state index in [1.165, 1.54) is 18.2 Å². The molecule has 0 aliphatic rings. The van der Waals surface area contributed by atoms with Crippen LogP contribution < -0.4 is 5.32 Å². The zero-order valence-corrected chi connectivity index (χ0v) is 13.8. The number of hydrogen-bond donors (Lipinski definition) is 3. The highest BCUT2D eigenvalue weighted by Crippen LogP contribution is 2.21. The van der Waals surface area contributed by atoms with Gasteiger partial charge in [-0.3, -0.25) is 4.79 Å². The normalized spacial score (nSPS) is 12.6. The summed E-state index contributed by atoms with van der Waals surface area (Å²) in [6, 6.07) is 6.90. The molecule has 0 bridgehead atoms. The summed E-state index contributed by atoms with van der Waals surface area (Å²) in [6.45, 7) is 1.83. The standard InChI is InChI=1S/C18H15F2N5O/c1-9(4-11-8-21-15-3-2-12(19)7-13(11)15)22-18(26)10-5-14(20)17-16(6-10)23-25-24-17/h2-3,5-9,21H,4H2,1H3,(H,22,26)(H,23,24,25). The minimum Gasteiger partial charge on any atom is -0.361 e. The molecule has 0 saturated carbocycles. The molecular formula is C18H15F2N5O. The molecule has 0 aliphatic carbocycles.